The number of anilines is 1. The number of sulfonamides is 1. The maximum atomic E-state index is 14.9. The second kappa shape index (κ2) is 9.14. The number of fused-ring (bicyclic) bond motifs is 1. The fourth-order valence-corrected chi connectivity index (χ4v) is 4.58. The average molecular weight is 468 g/mol. The third kappa shape index (κ3) is 5.37. The first-order valence-electron chi connectivity index (χ1n) is 10.2. The van der Waals surface area contributed by atoms with Gasteiger partial charge in [0.15, 0.2) is 0 Å². The quantitative estimate of drug-likeness (QED) is 0.403. The van der Waals surface area contributed by atoms with Gasteiger partial charge in [-0.05, 0) is 49.4 Å². The van der Waals surface area contributed by atoms with Crippen LogP contribution in [0.5, 0.6) is 0 Å². The lowest BCUT2D eigenvalue weighted by atomic mass is 9.83. The molecule has 3 aromatic rings. The van der Waals surface area contributed by atoms with Gasteiger partial charge >= 0.3 is 0 Å². The minimum Gasteiger partial charge on any atom is -0.390 e. The Bertz CT molecular complexity index is 1180. The van der Waals surface area contributed by atoms with Crippen LogP contribution in [0.25, 0.3) is 10.9 Å². The number of benzene rings is 2. The summed E-state index contributed by atoms with van der Waals surface area (Å²) in [5, 5.41) is 19.1. The van der Waals surface area contributed by atoms with Gasteiger partial charge in [-0.3, -0.25) is 9.82 Å². The highest BCUT2D eigenvalue weighted by atomic mass is 35.5. The molecule has 9 heteroatoms. The largest absolute Gasteiger partial charge is 0.390 e. The third-order valence-electron chi connectivity index (χ3n) is 5.81. The molecule has 2 aromatic carbocycles. The number of para-hydroxylation sites is 1. The van der Waals surface area contributed by atoms with Gasteiger partial charge in [-0.1, -0.05) is 43.6 Å². The van der Waals surface area contributed by atoms with Crippen LogP contribution >= 0.6 is 11.6 Å². The first kappa shape index (κ1) is 23.5. The standard InChI is InChI=1S/C22H27ClFN3O3S/c1-4-22(28,5-2)12-11-16(15-10-9-14(23)13-18(15)24)20-17-7-6-8-19(21(17)26-25-20)27-31(3,29)30/h6-10,13,16,27-28H,4-5,11-12H2,1-3H3,(H,25,26). The first-order valence-corrected chi connectivity index (χ1v) is 12.5. The molecule has 0 aliphatic carbocycles. The summed E-state index contributed by atoms with van der Waals surface area (Å²) < 4.78 is 40.8. The molecule has 3 N–H and O–H groups in total. The predicted octanol–water partition coefficient (Wildman–Crippen LogP) is 5.19. The summed E-state index contributed by atoms with van der Waals surface area (Å²) in [6.45, 7) is 3.85. The summed E-state index contributed by atoms with van der Waals surface area (Å²) in [5.41, 5.74) is 1.04. The fourth-order valence-electron chi connectivity index (χ4n) is 3.86. The molecular weight excluding hydrogens is 441 g/mol. The molecule has 168 valence electrons. The van der Waals surface area contributed by atoms with Crippen LogP contribution in [0.2, 0.25) is 5.02 Å². The number of aliphatic hydroxyl groups is 1. The number of aromatic nitrogens is 2. The molecule has 6 nitrogen and oxygen atoms in total. The molecular formula is C22H27ClFN3O3S. The zero-order valence-electron chi connectivity index (χ0n) is 17.7. The first-order chi connectivity index (χ1) is 14.6. The highest BCUT2D eigenvalue weighted by Crippen LogP contribution is 2.38. The molecule has 0 spiro atoms. The maximum Gasteiger partial charge on any atom is 0.229 e. The van der Waals surface area contributed by atoms with E-state index in [9.17, 15) is 17.9 Å². The van der Waals surface area contributed by atoms with Crippen molar-refractivity contribution in [3.8, 4) is 0 Å². The van der Waals surface area contributed by atoms with Crippen molar-refractivity contribution in [3.63, 3.8) is 0 Å². The van der Waals surface area contributed by atoms with Crippen LogP contribution < -0.4 is 4.72 Å². The van der Waals surface area contributed by atoms with E-state index in [1.165, 1.54) is 6.07 Å². The lowest BCUT2D eigenvalue weighted by molar-refractivity contribution is 0.0206. The average Bonchev–Trinajstić information content (AvgIpc) is 3.13. The molecule has 1 unspecified atom stereocenters. The molecule has 0 fully saturated rings. The molecule has 0 saturated heterocycles. The Balaban J connectivity index is 2.11. The summed E-state index contributed by atoms with van der Waals surface area (Å²) >= 11 is 5.95. The number of H-pyrrole nitrogens is 1. The maximum absolute atomic E-state index is 14.9. The van der Waals surface area contributed by atoms with Crippen molar-refractivity contribution in [1.29, 1.82) is 0 Å². The molecule has 1 atom stereocenters. The van der Waals surface area contributed by atoms with Crippen molar-refractivity contribution in [3.05, 3.63) is 58.5 Å². The van der Waals surface area contributed by atoms with E-state index in [4.69, 9.17) is 11.6 Å². The number of nitrogens with one attached hydrogen (secondary N) is 2. The SMILES string of the molecule is CCC(O)(CC)CCC(c1ccc(Cl)cc1F)c1[nH]nc2c(NS(C)(=O)=O)cccc12. The van der Waals surface area contributed by atoms with Crippen LogP contribution in [0.4, 0.5) is 10.1 Å². The Hall–Kier alpha value is -2.16. The van der Waals surface area contributed by atoms with Crippen LogP contribution in [-0.4, -0.2) is 35.6 Å². The molecule has 1 aromatic heterocycles. The molecule has 0 saturated carbocycles. The predicted molar refractivity (Wildman–Crippen MR) is 123 cm³/mol. The minimum absolute atomic E-state index is 0.299. The van der Waals surface area contributed by atoms with E-state index in [0.29, 0.717) is 58.6 Å². The Morgan fingerprint density at radius 3 is 2.58 bits per heavy atom. The molecule has 0 amide bonds. The number of nitrogens with zero attached hydrogens (tertiary/aromatic N) is 1. The lowest BCUT2D eigenvalue weighted by Gasteiger charge is -2.28. The fraction of sp³-hybridized carbons (Fsp3) is 0.409. The van der Waals surface area contributed by atoms with E-state index in [2.05, 4.69) is 14.9 Å². The lowest BCUT2D eigenvalue weighted by Crippen LogP contribution is -2.27. The van der Waals surface area contributed by atoms with E-state index in [1.807, 2.05) is 19.9 Å². The molecule has 1 heterocycles. The number of aromatic amines is 1. The Kier molecular flexibility index (Phi) is 6.93. The van der Waals surface area contributed by atoms with E-state index in [-0.39, 0.29) is 0 Å². The summed E-state index contributed by atoms with van der Waals surface area (Å²) in [5.74, 6) is -0.873. The molecule has 0 aliphatic heterocycles. The summed E-state index contributed by atoms with van der Waals surface area (Å²) in [4.78, 5) is 0. The highest BCUT2D eigenvalue weighted by Gasteiger charge is 2.28. The van der Waals surface area contributed by atoms with Crippen LogP contribution in [0, 0.1) is 5.82 Å². The smallest absolute Gasteiger partial charge is 0.229 e. The second-order valence-corrected chi connectivity index (χ2v) is 10.1. The van der Waals surface area contributed by atoms with Gasteiger partial charge < -0.3 is 5.11 Å². The van der Waals surface area contributed by atoms with E-state index < -0.39 is 27.4 Å². The Labute approximate surface area is 186 Å². The molecule has 0 radical (unpaired) electrons. The Morgan fingerprint density at radius 1 is 1.26 bits per heavy atom. The van der Waals surface area contributed by atoms with E-state index in [0.717, 1.165) is 6.26 Å². The van der Waals surface area contributed by atoms with Gasteiger partial charge in [-0.15, -0.1) is 0 Å². The summed E-state index contributed by atoms with van der Waals surface area (Å²) in [6.07, 6.45) is 3.19. The van der Waals surface area contributed by atoms with E-state index in [1.54, 1.807) is 24.3 Å². The number of rotatable bonds is 9. The van der Waals surface area contributed by atoms with Crippen molar-refractivity contribution in [2.75, 3.05) is 11.0 Å². The van der Waals surface area contributed by atoms with Gasteiger partial charge in [0.1, 0.15) is 11.3 Å². The van der Waals surface area contributed by atoms with Gasteiger partial charge in [0.25, 0.3) is 0 Å². The van der Waals surface area contributed by atoms with Gasteiger partial charge in [-0.2, -0.15) is 5.10 Å². The van der Waals surface area contributed by atoms with Crippen molar-refractivity contribution in [1.82, 2.24) is 10.2 Å². The molecule has 3 rings (SSSR count). The zero-order chi connectivity index (χ0) is 22.8. The zero-order valence-corrected chi connectivity index (χ0v) is 19.3. The molecule has 0 aliphatic rings. The third-order valence-corrected chi connectivity index (χ3v) is 6.64. The van der Waals surface area contributed by atoms with Crippen LogP contribution in [0.3, 0.4) is 0 Å². The van der Waals surface area contributed by atoms with Crippen molar-refractivity contribution in [2.24, 2.45) is 0 Å². The normalized spacial score (nSPS) is 13.5. The molecule has 31 heavy (non-hydrogen) atoms. The summed E-state index contributed by atoms with van der Waals surface area (Å²) in [6, 6.07) is 9.70. The summed E-state index contributed by atoms with van der Waals surface area (Å²) in [7, 11) is -3.49. The monoisotopic (exact) mass is 467 g/mol. The number of hydrogen-bond acceptors (Lipinski definition) is 4. The van der Waals surface area contributed by atoms with Crippen molar-refractivity contribution < 1.29 is 17.9 Å². The van der Waals surface area contributed by atoms with Crippen LogP contribution in [-0.2, 0) is 10.0 Å². The topological polar surface area (TPSA) is 95.1 Å². The highest BCUT2D eigenvalue weighted by molar-refractivity contribution is 7.92. The van der Waals surface area contributed by atoms with E-state index >= 15 is 0 Å². The Morgan fingerprint density at radius 2 is 1.97 bits per heavy atom. The van der Waals surface area contributed by atoms with Crippen LogP contribution in [0.1, 0.15) is 56.7 Å². The van der Waals surface area contributed by atoms with Crippen LogP contribution in [0.15, 0.2) is 36.4 Å². The number of hydrogen-bond donors (Lipinski definition) is 3. The van der Waals surface area contributed by atoms with Crippen molar-refractivity contribution in [2.45, 2.75) is 51.0 Å². The second-order valence-electron chi connectivity index (χ2n) is 7.90. The minimum atomic E-state index is -3.49. The van der Waals surface area contributed by atoms with Gasteiger partial charge in [0.2, 0.25) is 10.0 Å². The van der Waals surface area contributed by atoms with Gasteiger partial charge in [-0.25, -0.2) is 12.8 Å². The molecule has 0 bridgehead atoms. The number of halogens is 2. The van der Waals surface area contributed by atoms with Gasteiger partial charge in [0.05, 0.1) is 23.2 Å². The van der Waals surface area contributed by atoms with Gasteiger partial charge in [0, 0.05) is 16.3 Å². The van der Waals surface area contributed by atoms with Crippen molar-refractivity contribution >= 4 is 38.2 Å².